The maximum atomic E-state index is 12.6. The van der Waals surface area contributed by atoms with Crippen LogP contribution in [0.15, 0.2) is 66.7 Å². The maximum Gasteiger partial charge on any atom is 0.227 e. The Morgan fingerprint density at radius 2 is 1.76 bits per heavy atom. The van der Waals surface area contributed by atoms with Gasteiger partial charge in [0.05, 0.1) is 6.04 Å². The molecule has 1 aliphatic heterocycles. The predicted octanol–water partition coefficient (Wildman–Crippen LogP) is 3.33. The summed E-state index contributed by atoms with van der Waals surface area (Å²) in [5, 5.41) is 5.30. The van der Waals surface area contributed by atoms with Crippen molar-refractivity contribution in [2.45, 2.75) is 25.3 Å². The number of carbonyl (C=O) groups is 2. The third kappa shape index (κ3) is 4.15. The molecular weight excluding hydrogens is 362 g/mol. The Kier molecular flexibility index (Phi) is 5.58. The molecule has 0 aliphatic carbocycles. The summed E-state index contributed by atoms with van der Waals surface area (Å²) in [6, 6.07) is 21.9. The van der Waals surface area contributed by atoms with Crippen molar-refractivity contribution < 1.29 is 9.59 Å². The third-order valence-electron chi connectivity index (χ3n) is 5.50. The van der Waals surface area contributed by atoms with E-state index in [1.165, 1.54) is 0 Å². The van der Waals surface area contributed by atoms with Gasteiger partial charge in [0, 0.05) is 31.6 Å². The number of hydrogen-bond donors (Lipinski definition) is 2. The van der Waals surface area contributed by atoms with Crippen LogP contribution in [0.5, 0.6) is 0 Å². The second kappa shape index (κ2) is 8.45. The van der Waals surface area contributed by atoms with E-state index in [4.69, 9.17) is 5.73 Å². The fourth-order valence-corrected chi connectivity index (χ4v) is 3.92. The number of nitrogens with one attached hydrogen (secondary N) is 1. The van der Waals surface area contributed by atoms with Crippen molar-refractivity contribution >= 4 is 28.3 Å². The van der Waals surface area contributed by atoms with E-state index in [0.29, 0.717) is 19.5 Å². The van der Waals surface area contributed by atoms with Crippen LogP contribution >= 0.6 is 0 Å². The van der Waals surface area contributed by atoms with E-state index >= 15 is 0 Å². The highest BCUT2D eigenvalue weighted by molar-refractivity contribution is 5.97. The van der Waals surface area contributed by atoms with Crippen LogP contribution in [-0.2, 0) is 16.0 Å². The molecule has 0 fully saturated rings. The summed E-state index contributed by atoms with van der Waals surface area (Å²) in [7, 11) is 0. The van der Waals surface area contributed by atoms with Crippen LogP contribution < -0.4 is 16.0 Å². The largest absolute Gasteiger partial charge is 0.348 e. The molecule has 4 rings (SSSR count). The van der Waals surface area contributed by atoms with Crippen LogP contribution in [-0.4, -0.2) is 24.9 Å². The van der Waals surface area contributed by atoms with E-state index in [1.54, 1.807) is 4.90 Å². The van der Waals surface area contributed by atoms with Crippen LogP contribution in [0.1, 0.15) is 30.0 Å². The smallest absolute Gasteiger partial charge is 0.227 e. The zero-order valence-corrected chi connectivity index (χ0v) is 16.3. The lowest BCUT2D eigenvalue weighted by Gasteiger charge is -2.29. The van der Waals surface area contributed by atoms with Gasteiger partial charge in [0.2, 0.25) is 11.8 Å². The second-order valence-corrected chi connectivity index (χ2v) is 7.39. The Morgan fingerprint density at radius 1 is 1.00 bits per heavy atom. The Hall–Kier alpha value is -3.18. The molecule has 0 saturated carbocycles. The van der Waals surface area contributed by atoms with Gasteiger partial charge in [0.25, 0.3) is 0 Å². The van der Waals surface area contributed by atoms with E-state index in [-0.39, 0.29) is 24.3 Å². The average Bonchev–Trinajstić information content (AvgIpc) is 2.76. The molecule has 1 unspecified atom stereocenters. The number of fused-ring (bicyclic) bond motifs is 2. The number of nitrogens with two attached hydrogens (primary N) is 1. The van der Waals surface area contributed by atoms with Gasteiger partial charge in [-0.1, -0.05) is 54.6 Å². The van der Waals surface area contributed by atoms with Crippen molar-refractivity contribution in [2.24, 2.45) is 5.73 Å². The van der Waals surface area contributed by atoms with Gasteiger partial charge in [-0.05, 0) is 40.5 Å². The first-order chi connectivity index (χ1) is 14.2. The number of rotatable bonds is 6. The van der Waals surface area contributed by atoms with Crippen LogP contribution in [0.25, 0.3) is 10.8 Å². The first-order valence-electron chi connectivity index (χ1n) is 10.0. The number of nitrogens with zero attached hydrogens (tertiary/aromatic N) is 1. The van der Waals surface area contributed by atoms with Gasteiger partial charge in [-0.15, -0.1) is 0 Å². The van der Waals surface area contributed by atoms with Gasteiger partial charge < -0.3 is 16.0 Å². The molecule has 29 heavy (non-hydrogen) atoms. The maximum absolute atomic E-state index is 12.6. The van der Waals surface area contributed by atoms with Crippen LogP contribution in [0, 0.1) is 0 Å². The highest BCUT2D eigenvalue weighted by Gasteiger charge is 2.24. The average molecular weight is 387 g/mol. The molecule has 5 nitrogen and oxygen atoms in total. The minimum absolute atomic E-state index is 0.0707. The summed E-state index contributed by atoms with van der Waals surface area (Å²) in [5.41, 5.74) is 9.00. The minimum Gasteiger partial charge on any atom is -0.348 e. The first-order valence-corrected chi connectivity index (χ1v) is 10.0. The highest BCUT2D eigenvalue weighted by Crippen LogP contribution is 2.27. The highest BCUT2D eigenvalue weighted by atomic mass is 16.2. The number of benzene rings is 3. The van der Waals surface area contributed by atoms with E-state index in [9.17, 15) is 9.59 Å². The number of aryl methyl sites for hydroxylation is 1. The molecular formula is C24H25N3O2. The number of carbonyl (C=O) groups excluding carboxylic acids is 2. The van der Waals surface area contributed by atoms with Crippen molar-refractivity contribution in [1.82, 2.24) is 5.32 Å². The van der Waals surface area contributed by atoms with Gasteiger partial charge in [0.1, 0.15) is 0 Å². The molecule has 0 saturated heterocycles. The first kappa shape index (κ1) is 19.2. The minimum atomic E-state index is -0.253. The summed E-state index contributed by atoms with van der Waals surface area (Å²) < 4.78 is 0. The van der Waals surface area contributed by atoms with E-state index in [0.717, 1.165) is 34.0 Å². The zero-order valence-electron chi connectivity index (χ0n) is 16.3. The fraction of sp³-hybridized carbons (Fsp3) is 0.250. The molecule has 1 heterocycles. The number of hydrogen-bond acceptors (Lipinski definition) is 3. The molecule has 1 aliphatic rings. The number of para-hydroxylation sites is 1. The summed E-state index contributed by atoms with van der Waals surface area (Å²) >= 11 is 0. The lowest BCUT2D eigenvalue weighted by molar-refractivity contribution is -0.121. The predicted molar refractivity (Wildman–Crippen MR) is 116 cm³/mol. The van der Waals surface area contributed by atoms with Gasteiger partial charge in [0.15, 0.2) is 0 Å². The van der Waals surface area contributed by atoms with Gasteiger partial charge in [-0.2, -0.15) is 0 Å². The van der Waals surface area contributed by atoms with E-state index in [1.807, 2.05) is 54.6 Å². The van der Waals surface area contributed by atoms with Crippen LogP contribution in [0.3, 0.4) is 0 Å². The Bertz CT molecular complexity index is 1050. The second-order valence-electron chi connectivity index (χ2n) is 7.39. The van der Waals surface area contributed by atoms with Gasteiger partial charge in [-0.3, -0.25) is 9.59 Å². The zero-order chi connectivity index (χ0) is 20.2. The molecule has 0 radical (unpaired) electrons. The lowest BCUT2D eigenvalue weighted by Crippen LogP contribution is -2.39. The van der Waals surface area contributed by atoms with E-state index < -0.39 is 0 Å². The molecule has 148 valence electrons. The van der Waals surface area contributed by atoms with Gasteiger partial charge in [-0.25, -0.2) is 0 Å². The van der Waals surface area contributed by atoms with Crippen molar-refractivity contribution in [3.63, 3.8) is 0 Å². The SMILES string of the molecule is NCC(NC(=O)CCN1C(=O)CCc2ccccc21)c1ccc2ccccc2c1. The fourth-order valence-electron chi connectivity index (χ4n) is 3.92. The topological polar surface area (TPSA) is 75.4 Å². The van der Waals surface area contributed by atoms with E-state index in [2.05, 4.69) is 17.4 Å². The van der Waals surface area contributed by atoms with Gasteiger partial charge >= 0.3 is 0 Å². The molecule has 3 aromatic rings. The summed E-state index contributed by atoms with van der Waals surface area (Å²) in [6.07, 6.45) is 1.49. The molecule has 3 N–H and O–H groups in total. The summed E-state index contributed by atoms with van der Waals surface area (Å²) in [5.74, 6) is -0.0362. The molecule has 1 atom stereocenters. The van der Waals surface area contributed by atoms with Crippen molar-refractivity contribution in [2.75, 3.05) is 18.0 Å². The molecule has 0 aromatic heterocycles. The Morgan fingerprint density at radius 3 is 2.59 bits per heavy atom. The standard InChI is InChI=1S/C24H25N3O2/c25-16-21(20-10-9-17-5-1-2-7-19(17)15-20)26-23(28)13-14-27-22-8-4-3-6-18(22)11-12-24(27)29/h1-10,15,21H,11-14,16,25H2,(H,26,28). The lowest BCUT2D eigenvalue weighted by atomic mass is 10.0. The summed E-state index contributed by atoms with van der Waals surface area (Å²) in [4.78, 5) is 26.7. The van der Waals surface area contributed by atoms with Crippen LogP contribution in [0.4, 0.5) is 5.69 Å². The molecule has 2 amide bonds. The third-order valence-corrected chi connectivity index (χ3v) is 5.50. The number of anilines is 1. The van der Waals surface area contributed by atoms with Crippen molar-refractivity contribution in [1.29, 1.82) is 0 Å². The Balaban J connectivity index is 1.42. The quantitative estimate of drug-likeness (QED) is 0.681. The molecule has 0 bridgehead atoms. The Labute approximate surface area is 170 Å². The van der Waals surface area contributed by atoms with Crippen LogP contribution in [0.2, 0.25) is 0 Å². The summed E-state index contributed by atoms with van der Waals surface area (Å²) in [6.45, 7) is 0.687. The normalized spacial score (nSPS) is 14.5. The monoisotopic (exact) mass is 387 g/mol. The molecule has 3 aromatic carbocycles. The number of amides is 2. The van der Waals surface area contributed by atoms with Crippen molar-refractivity contribution in [3.8, 4) is 0 Å². The molecule has 5 heteroatoms. The molecule has 0 spiro atoms. The van der Waals surface area contributed by atoms with Crippen molar-refractivity contribution in [3.05, 3.63) is 77.9 Å².